The average Bonchev–Trinajstić information content (AvgIpc) is 3.65. The molecule has 1 amide bonds. The molecule has 0 bridgehead atoms. The molecule has 0 fully saturated rings. The summed E-state index contributed by atoms with van der Waals surface area (Å²) in [6, 6.07) is 17.8. The van der Waals surface area contributed by atoms with E-state index in [4.69, 9.17) is 0 Å². The Morgan fingerprint density at radius 1 is 0.717 bits per heavy atom. The number of amides is 1. The number of nitrogens with zero attached hydrogens (tertiary/aromatic N) is 3. The number of hydrogen-bond acceptors (Lipinski definition) is 11. The van der Waals surface area contributed by atoms with Crippen LogP contribution in [-0.4, -0.2) is 49.3 Å². The van der Waals surface area contributed by atoms with Gasteiger partial charge in [-0.05, 0) is 47.6 Å². The zero-order chi connectivity index (χ0) is 32.2. The van der Waals surface area contributed by atoms with Gasteiger partial charge in [-0.1, -0.05) is 109 Å². The topological polar surface area (TPSA) is 91.2 Å². The van der Waals surface area contributed by atoms with Crippen molar-refractivity contribution < 1.29 is 31.5 Å². The molecule has 0 spiro atoms. The van der Waals surface area contributed by atoms with Crippen LogP contribution in [0.5, 0.6) is 11.5 Å². The molecule has 3 aromatic rings. The number of hydrogen-bond donors (Lipinski definition) is 0. The largest absolute Gasteiger partial charge is 2.00 e. The minimum atomic E-state index is -0.0778. The van der Waals surface area contributed by atoms with Crippen molar-refractivity contribution >= 4 is 101 Å². The molecule has 2 heterocycles. The summed E-state index contributed by atoms with van der Waals surface area (Å²) in [4.78, 5) is 22.5. The predicted molar refractivity (Wildman–Crippen MR) is 199 cm³/mol. The summed E-state index contributed by atoms with van der Waals surface area (Å²) in [5.74, 6) is 2.10. The Balaban J connectivity index is 0.000000892. The summed E-state index contributed by atoms with van der Waals surface area (Å²) in [7, 11) is 3.38. The van der Waals surface area contributed by atoms with E-state index >= 15 is 0 Å². The number of carbonyl (C=O) groups is 1. The Hall–Kier alpha value is -1.86. The van der Waals surface area contributed by atoms with E-state index in [2.05, 4.69) is 23.8 Å². The first kappa shape index (κ1) is 38.6. The molecule has 0 aliphatic carbocycles. The molecule has 2 aliphatic rings. The maximum Gasteiger partial charge on any atom is 2.00 e. The van der Waals surface area contributed by atoms with E-state index in [1.54, 1.807) is 74.3 Å². The number of rotatable bonds is 11. The molecule has 46 heavy (non-hydrogen) atoms. The fraction of sp³-hybridized carbons (Fsp3) is 0.242. The SMILES string of the molecule is CCCSC1=C(SCCC)SC(=C2Sc3cc(N=Cc4ccccc4[O-])c(N=Cc4ccccc4[O-])cc3S2)S1.CN(C)C=O.[Ni+2]. The van der Waals surface area contributed by atoms with Crippen LogP contribution in [-0.2, 0) is 21.3 Å². The van der Waals surface area contributed by atoms with Gasteiger partial charge in [0, 0.05) is 36.3 Å². The molecule has 0 N–H and O–H groups in total. The Kier molecular flexibility index (Phi) is 16.6. The van der Waals surface area contributed by atoms with Crippen molar-refractivity contribution in [1.82, 2.24) is 4.90 Å². The molecule has 0 saturated carbocycles. The van der Waals surface area contributed by atoms with Crippen LogP contribution in [0.2, 0.25) is 0 Å². The van der Waals surface area contributed by atoms with Gasteiger partial charge in [-0.2, -0.15) is 0 Å². The molecule has 0 radical (unpaired) electrons. The van der Waals surface area contributed by atoms with Gasteiger partial charge in [0.2, 0.25) is 6.41 Å². The number of aliphatic imine (C=N–C) groups is 2. The van der Waals surface area contributed by atoms with Crippen LogP contribution in [0.4, 0.5) is 11.4 Å². The van der Waals surface area contributed by atoms with Gasteiger partial charge in [0.25, 0.3) is 0 Å². The van der Waals surface area contributed by atoms with Crippen molar-refractivity contribution in [3.63, 3.8) is 0 Å². The molecule has 6 nitrogen and oxygen atoms in total. The van der Waals surface area contributed by atoms with Crippen molar-refractivity contribution in [3.8, 4) is 11.5 Å². The molecule has 0 unspecified atom stereocenters. The van der Waals surface area contributed by atoms with Gasteiger partial charge < -0.3 is 15.1 Å². The van der Waals surface area contributed by atoms with Gasteiger partial charge in [0.15, 0.2) is 0 Å². The second kappa shape index (κ2) is 19.8. The Bertz CT molecular complexity index is 1520. The molecule has 0 atom stereocenters. The fourth-order valence-electron chi connectivity index (χ4n) is 3.58. The van der Waals surface area contributed by atoms with Crippen LogP contribution in [0, 0.1) is 0 Å². The molecule has 0 saturated heterocycles. The van der Waals surface area contributed by atoms with Crippen molar-refractivity contribution in [3.05, 3.63) is 88.7 Å². The van der Waals surface area contributed by atoms with E-state index in [1.807, 2.05) is 71.3 Å². The van der Waals surface area contributed by atoms with Gasteiger partial charge in [-0.3, -0.25) is 14.8 Å². The minimum Gasteiger partial charge on any atom is -0.872 e. The van der Waals surface area contributed by atoms with E-state index in [0.717, 1.165) is 40.5 Å². The van der Waals surface area contributed by atoms with Crippen LogP contribution in [0.25, 0.3) is 0 Å². The minimum absolute atomic E-state index is 0. The quantitative estimate of drug-likeness (QED) is 0.108. The summed E-state index contributed by atoms with van der Waals surface area (Å²) >= 11 is 11.3. The van der Waals surface area contributed by atoms with E-state index in [0.29, 0.717) is 22.5 Å². The maximum absolute atomic E-state index is 12.3. The van der Waals surface area contributed by atoms with Crippen LogP contribution in [0.15, 0.2) is 97.4 Å². The fourth-order valence-corrected chi connectivity index (χ4v) is 12.1. The summed E-state index contributed by atoms with van der Waals surface area (Å²) in [5, 5.41) is 24.5. The first-order valence-electron chi connectivity index (χ1n) is 14.2. The maximum atomic E-state index is 12.3. The molecular weight excluding hydrogens is 737 g/mol. The molecule has 3 aromatic carbocycles. The molecule has 2 aliphatic heterocycles. The number of carbonyl (C=O) groups excluding carboxylic acids is 1. The number of thioether (sulfide) groups is 6. The Morgan fingerprint density at radius 2 is 1.11 bits per heavy atom. The van der Waals surface area contributed by atoms with Gasteiger partial charge in [0.1, 0.15) is 0 Å². The van der Waals surface area contributed by atoms with E-state index < -0.39 is 0 Å². The van der Waals surface area contributed by atoms with Gasteiger partial charge in [0.05, 0.1) is 28.3 Å². The zero-order valence-electron chi connectivity index (χ0n) is 25.7. The van der Waals surface area contributed by atoms with Crippen molar-refractivity contribution in [1.29, 1.82) is 0 Å². The first-order valence-corrected chi connectivity index (χ1v) is 19.4. The normalized spacial score (nSPS) is 14.0. The summed E-state index contributed by atoms with van der Waals surface area (Å²) in [6.07, 6.45) is 6.26. The predicted octanol–water partition coefficient (Wildman–Crippen LogP) is 9.25. The molecule has 5 rings (SSSR count). The third-order valence-corrected chi connectivity index (χ3v) is 14.7. The van der Waals surface area contributed by atoms with E-state index in [-0.39, 0.29) is 28.0 Å². The molecular formula is C33H33N3NiO3S6. The monoisotopic (exact) mass is 769 g/mol. The van der Waals surface area contributed by atoms with Crippen LogP contribution in [0.1, 0.15) is 37.8 Å². The summed E-state index contributed by atoms with van der Waals surface area (Å²) < 4.78 is 5.46. The number of para-hydroxylation sites is 2. The standard InChI is InChI=1S/C30H28N2O2S6.C3H7NO.Ni/c1-3-13-35-27-28(36-14-4-2)40-30(39-27)29-37-25-15-21(31-17-19-9-5-7-11-23(19)33)22(16-26(25)38-29)32-18-20-10-6-8-12-24(20)34;1-4(2)3-5;/h5-12,15-18,33-34H,3-4,13-14H2,1-2H3;3H,1-2H3;/q;;+2/p-2. The zero-order valence-corrected chi connectivity index (χ0v) is 31.6. The van der Waals surface area contributed by atoms with Gasteiger partial charge in [-0.25, -0.2) is 0 Å². The second-order valence-electron chi connectivity index (χ2n) is 9.70. The second-order valence-corrected chi connectivity index (χ2v) is 17.1. The number of fused-ring (bicyclic) bond motifs is 1. The van der Waals surface area contributed by atoms with E-state index in [9.17, 15) is 15.0 Å². The third-order valence-electron chi connectivity index (χ3n) is 5.76. The smallest absolute Gasteiger partial charge is 0.872 e. The molecule has 244 valence electrons. The molecule has 13 heteroatoms. The average molecular weight is 771 g/mol. The van der Waals surface area contributed by atoms with Crippen LogP contribution in [0.3, 0.4) is 0 Å². The molecule has 0 aromatic heterocycles. The Morgan fingerprint density at radius 3 is 1.48 bits per heavy atom. The van der Waals surface area contributed by atoms with Gasteiger partial charge >= 0.3 is 16.5 Å². The first-order chi connectivity index (χ1) is 21.8. The summed E-state index contributed by atoms with van der Waals surface area (Å²) in [5.41, 5.74) is 2.35. The van der Waals surface area contributed by atoms with Crippen molar-refractivity contribution in [2.75, 3.05) is 25.6 Å². The van der Waals surface area contributed by atoms with Gasteiger partial charge in [-0.15, -0.1) is 35.0 Å². The van der Waals surface area contributed by atoms with Crippen LogP contribution < -0.4 is 10.2 Å². The number of benzene rings is 3. The van der Waals surface area contributed by atoms with Crippen LogP contribution >= 0.6 is 70.6 Å². The Labute approximate surface area is 307 Å². The van der Waals surface area contributed by atoms with Crippen molar-refractivity contribution in [2.24, 2.45) is 9.98 Å². The van der Waals surface area contributed by atoms with Crippen molar-refractivity contribution in [2.45, 2.75) is 36.5 Å². The third kappa shape index (κ3) is 11.1. The summed E-state index contributed by atoms with van der Waals surface area (Å²) in [6.45, 7) is 4.45. The van der Waals surface area contributed by atoms with E-state index in [1.165, 1.54) is 34.0 Å².